The molecule has 0 saturated carbocycles. The van der Waals surface area contributed by atoms with Gasteiger partial charge in [0.2, 0.25) is 5.75 Å². The highest BCUT2D eigenvalue weighted by atomic mass is 16.5. The van der Waals surface area contributed by atoms with Crippen LogP contribution in [0.25, 0.3) is 6.08 Å². The number of rotatable bonds is 6. The minimum absolute atomic E-state index is 0.112. The summed E-state index contributed by atoms with van der Waals surface area (Å²) in [6.07, 6.45) is 2.94. The van der Waals surface area contributed by atoms with Crippen molar-refractivity contribution < 1.29 is 24.1 Å². The molecule has 0 bridgehead atoms. The summed E-state index contributed by atoms with van der Waals surface area (Å²) in [6.45, 7) is 0. The number of benzene rings is 2. The van der Waals surface area contributed by atoms with Crippen molar-refractivity contribution in [3.05, 3.63) is 53.6 Å². The van der Waals surface area contributed by atoms with E-state index >= 15 is 0 Å². The number of hydrogen-bond donors (Lipinski definition) is 1. The lowest BCUT2D eigenvalue weighted by molar-refractivity contribution is 0.104. The van der Waals surface area contributed by atoms with E-state index < -0.39 is 0 Å². The van der Waals surface area contributed by atoms with E-state index in [9.17, 15) is 9.90 Å². The second-order valence-electron chi connectivity index (χ2n) is 4.67. The molecule has 5 heteroatoms. The lowest BCUT2D eigenvalue weighted by Gasteiger charge is -2.13. The van der Waals surface area contributed by atoms with Gasteiger partial charge in [-0.05, 0) is 30.4 Å². The summed E-state index contributed by atoms with van der Waals surface area (Å²) in [5, 5.41) is 9.71. The number of phenols is 1. The Bertz CT molecular complexity index is 709. The normalized spacial score (nSPS) is 10.6. The van der Waals surface area contributed by atoms with Gasteiger partial charge in [-0.2, -0.15) is 0 Å². The van der Waals surface area contributed by atoms with Crippen LogP contribution >= 0.6 is 0 Å². The second-order valence-corrected chi connectivity index (χ2v) is 4.67. The van der Waals surface area contributed by atoms with Crippen molar-refractivity contribution in [3.8, 4) is 23.0 Å². The maximum atomic E-state index is 12.3. The summed E-state index contributed by atoms with van der Waals surface area (Å²) < 4.78 is 15.7. The first kappa shape index (κ1) is 16.4. The number of hydrogen-bond acceptors (Lipinski definition) is 5. The average Bonchev–Trinajstić information content (AvgIpc) is 2.59. The molecule has 0 aliphatic carbocycles. The van der Waals surface area contributed by atoms with Crippen molar-refractivity contribution in [1.29, 1.82) is 0 Å². The molecule has 120 valence electrons. The van der Waals surface area contributed by atoms with Gasteiger partial charge in [-0.3, -0.25) is 4.79 Å². The van der Waals surface area contributed by atoms with Crippen molar-refractivity contribution in [1.82, 2.24) is 0 Å². The molecule has 23 heavy (non-hydrogen) atoms. The third-order valence-corrected chi connectivity index (χ3v) is 3.30. The van der Waals surface area contributed by atoms with Crippen LogP contribution in [0, 0.1) is 0 Å². The lowest BCUT2D eigenvalue weighted by Crippen LogP contribution is -2.00. The zero-order chi connectivity index (χ0) is 16.8. The first-order chi connectivity index (χ1) is 11.1. The van der Waals surface area contributed by atoms with Gasteiger partial charge in [0.25, 0.3) is 0 Å². The Labute approximate surface area is 134 Å². The van der Waals surface area contributed by atoms with Crippen molar-refractivity contribution >= 4 is 11.9 Å². The molecule has 2 rings (SSSR count). The SMILES string of the molecule is COc1cc(C(=O)/C=C/c2ccccc2O)cc(OC)c1OC. The number of carbonyl (C=O) groups excluding carboxylic acids is 1. The number of ether oxygens (including phenoxy) is 3. The fraction of sp³-hybridized carbons (Fsp3) is 0.167. The monoisotopic (exact) mass is 314 g/mol. The van der Waals surface area contributed by atoms with Crippen LogP contribution in [0.1, 0.15) is 15.9 Å². The predicted octanol–water partition coefficient (Wildman–Crippen LogP) is 3.31. The Kier molecular flexibility index (Phi) is 5.25. The number of carbonyl (C=O) groups is 1. The Morgan fingerprint density at radius 2 is 1.61 bits per heavy atom. The van der Waals surface area contributed by atoms with E-state index in [1.165, 1.54) is 27.4 Å². The molecule has 5 nitrogen and oxygen atoms in total. The summed E-state index contributed by atoms with van der Waals surface area (Å²) in [5.74, 6) is 1.11. The van der Waals surface area contributed by atoms with Crippen LogP contribution in [-0.4, -0.2) is 32.2 Å². The van der Waals surface area contributed by atoms with Crippen LogP contribution in [0.5, 0.6) is 23.0 Å². The van der Waals surface area contributed by atoms with E-state index in [0.717, 1.165) is 0 Å². The number of allylic oxidation sites excluding steroid dienone is 1. The fourth-order valence-electron chi connectivity index (χ4n) is 2.11. The molecular weight excluding hydrogens is 296 g/mol. The molecule has 0 aliphatic rings. The van der Waals surface area contributed by atoms with Crippen LogP contribution in [0.2, 0.25) is 0 Å². The number of methoxy groups -OCH3 is 3. The minimum Gasteiger partial charge on any atom is -0.507 e. The first-order valence-corrected chi connectivity index (χ1v) is 6.91. The number of aromatic hydroxyl groups is 1. The summed E-state index contributed by atoms with van der Waals surface area (Å²) in [4.78, 5) is 12.3. The quantitative estimate of drug-likeness (QED) is 0.654. The molecule has 2 aromatic rings. The van der Waals surface area contributed by atoms with Gasteiger partial charge in [0.15, 0.2) is 17.3 Å². The highest BCUT2D eigenvalue weighted by Gasteiger charge is 2.15. The molecule has 0 aromatic heterocycles. The Balaban J connectivity index is 2.34. The molecule has 2 aromatic carbocycles. The minimum atomic E-state index is -0.243. The van der Waals surface area contributed by atoms with Crippen LogP contribution in [0.15, 0.2) is 42.5 Å². The third kappa shape index (κ3) is 3.63. The van der Waals surface area contributed by atoms with Gasteiger partial charge in [0.05, 0.1) is 21.3 Å². The molecule has 0 saturated heterocycles. The molecule has 0 fully saturated rings. The zero-order valence-electron chi connectivity index (χ0n) is 13.2. The third-order valence-electron chi connectivity index (χ3n) is 3.30. The van der Waals surface area contributed by atoms with Gasteiger partial charge in [0, 0.05) is 11.1 Å². The van der Waals surface area contributed by atoms with Crippen molar-refractivity contribution in [2.24, 2.45) is 0 Å². The van der Waals surface area contributed by atoms with Gasteiger partial charge < -0.3 is 19.3 Å². The van der Waals surface area contributed by atoms with Gasteiger partial charge in [-0.15, -0.1) is 0 Å². The van der Waals surface area contributed by atoms with Gasteiger partial charge in [-0.25, -0.2) is 0 Å². The van der Waals surface area contributed by atoms with Crippen molar-refractivity contribution in [2.45, 2.75) is 0 Å². The molecule has 0 spiro atoms. The largest absolute Gasteiger partial charge is 0.507 e. The Morgan fingerprint density at radius 1 is 1.00 bits per heavy atom. The van der Waals surface area contributed by atoms with E-state index in [1.54, 1.807) is 42.5 Å². The van der Waals surface area contributed by atoms with E-state index in [1.807, 2.05) is 0 Å². The Morgan fingerprint density at radius 3 is 2.13 bits per heavy atom. The zero-order valence-corrected chi connectivity index (χ0v) is 13.2. The molecule has 0 aliphatic heterocycles. The standard InChI is InChI=1S/C18H18O5/c1-21-16-10-13(11-17(22-2)18(16)23-3)15(20)9-8-12-6-4-5-7-14(12)19/h4-11,19H,1-3H3/b9-8+. The second kappa shape index (κ2) is 7.35. The summed E-state index contributed by atoms with van der Waals surface area (Å²) >= 11 is 0. The molecule has 0 amide bonds. The van der Waals surface area contributed by atoms with Crippen LogP contribution < -0.4 is 14.2 Å². The highest BCUT2D eigenvalue weighted by Crippen LogP contribution is 2.38. The van der Waals surface area contributed by atoms with Crippen LogP contribution in [0.4, 0.5) is 0 Å². The molecule has 0 unspecified atom stereocenters. The van der Waals surface area contributed by atoms with E-state index in [-0.39, 0.29) is 11.5 Å². The van der Waals surface area contributed by atoms with Gasteiger partial charge in [-0.1, -0.05) is 18.2 Å². The van der Waals surface area contributed by atoms with Crippen LogP contribution in [-0.2, 0) is 0 Å². The van der Waals surface area contributed by atoms with Gasteiger partial charge >= 0.3 is 0 Å². The number of para-hydroxylation sites is 1. The summed E-state index contributed by atoms with van der Waals surface area (Å²) in [7, 11) is 4.48. The van der Waals surface area contributed by atoms with E-state index in [0.29, 0.717) is 28.4 Å². The van der Waals surface area contributed by atoms with Crippen molar-refractivity contribution in [3.63, 3.8) is 0 Å². The molecule has 0 radical (unpaired) electrons. The maximum absolute atomic E-state index is 12.3. The summed E-state index contributed by atoms with van der Waals surface area (Å²) in [5.41, 5.74) is 0.958. The molecular formula is C18H18O5. The summed E-state index contributed by atoms with van der Waals surface area (Å²) in [6, 6.07) is 9.94. The first-order valence-electron chi connectivity index (χ1n) is 6.91. The molecule has 1 N–H and O–H groups in total. The predicted molar refractivity (Wildman–Crippen MR) is 87.6 cm³/mol. The average molecular weight is 314 g/mol. The maximum Gasteiger partial charge on any atom is 0.203 e. The fourth-order valence-corrected chi connectivity index (χ4v) is 2.11. The lowest BCUT2D eigenvalue weighted by atomic mass is 10.1. The number of ketones is 1. The van der Waals surface area contributed by atoms with E-state index in [2.05, 4.69) is 0 Å². The highest BCUT2D eigenvalue weighted by molar-refractivity contribution is 6.07. The van der Waals surface area contributed by atoms with Gasteiger partial charge in [0.1, 0.15) is 5.75 Å². The number of phenolic OH excluding ortho intramolecular Hbond substituents is 1. The van der Waals surface area contributed by atoms with Crippen LogP contribution in [0.3, 0.4) is 0 Å². The topological polar surface area (TPSA) is 65.0 Å². The van der Waals surface area contributed by atoms with E-state index in [4.69, 9.17) is 14.2 Å². The molecule has 0 atom stereocenters. The smallest absolute Gasteiger partial charge is 0.203 e. The van der Waals surface area contributed by atoms with Crippen molar-refractivity contribution in [2.75, 3.05) is 21.3 Å². The Hall–Kier alpha value is -2.95. The molecule has 0 heterocycles.